The fourth-order valence-electron chi connectivity index (χ4n) is 4.72. The van der Waals surface area contributed by atoms with Crippen LogP contribution in [0.15, 0.2) is 42.5 Å². The molecule has 1 saturated heterocycles. The van der Waals surface area contributed by atoms with Crippen LogP contribution in [0.1, 0.15) is 64.5 Å². The van der Waals surface area contributed by atoms with Crippen molar-refractivity contribution in [3.05, 3.63) is 63.6 Å². The minimum Gasteiger partial charge on any atom is -0.466 e. The Hall–Kier alpha value is -2.57. The molecule has 8 heteroatoms. The van der Waals surface area contributed by atoms with Crippen LogP contribution in [0.2, 0.25) is 10.0 Å². The first-order chi connectivity index (χ1) is 18.0. The molecule has 1 aliphatic rings. The SMILES string of the molecule is CCOC(=O)C1CCN(C(=O)CCC(=O)N(CC(C)(C)C)c2ccc(Cl)cc2Cc2ccccc2Cl)CC1. The first kappa shape index (κ1) is 30.0. The van der Waals surface area contributed by atoms with E-state index in [1.54, 1.807) is 22.8 Å². The number of carbonyl (C=O) groups is 3. The Morgan fingerprint density at radius 2 is 1.68 bits per heavy atom. The Balaban J connectivity index is 1.73. The predicted octanol–water partition coefficient (Wildman–Crippen LogP) is 6.55. The summed E-state index contributed by atoms with van der Waals surface area (Å²) in [5.74, 6) is -0.534. The van der Waals surface area contributed by atoms with Gasteiger partial charge in [-0.25, -0.2) is 0 Å². The monoisotopic (exact) mass is 560 g/mol. The molecule has 0 radical (unpaired) electrons. The number of esters is 1. The molecule has 0 saturated carbocycles. The summed E-state index contributed by atoms with van der Waals surface area (Å²) in [4.78, 5) is 42.1. The van der Waals surface area contributed by atoms with Crippen molar-refractivity contribution < 1.29 is 19.1 Å². The number of piperidine rings is 1. The van der Waals surface area contributed by atoms with Gasteiger partial charge in [0.05, 0.1) is 12.5 Å². The number of likely N-dealkylation sites (tertiary alicyclic amines) is 1. The van der Waals surface area contributed by atoms with E-state index >= 15 is 0 Å². The van der Waals surface area contributed by atoms with Gasteiger partial charge < -0.3 is 14.5 Å². The van der Waals surface area contributed by atoms with Gasteiger partial charge in [0.25, 0.3) is 0 Å². The third-order valence-corrected chi connectivity index (χ3v) is 7.23. The minimum absolute atomic E-state index is 0.0660. The summed E-state index contributed by atoms with van der Waals surface area (Å²) in [7, 11) is 0. The zero-order valence-electron chi connectivity index (χ0n) is 22.8. The summed E-state index contributed by atoms with van der Waals surface area (Å²) in [6.07, 6.45) is 1.92. The van der Waals surface area contributed by atoms with Gasteiger partial charge in [0.1, 0.15) is 0 Å². The van der Waals surface area contributed by atoms with E-state index in [1.807, 2.05) is 36.4 Å². The topological polar surface area (TPSA) is 66.9 Å². The third kappa shape index (κ3) is 8.47. The van der Waals surface area contributed by atoms with Crippen LogP contribution in [0.25, 0.3) is 0 Å². The highest BCUT2D eigenvalue weighted by Crippen LogP contribution is 2.32. The van der Waals surface area contributed by atoms with Crippen molar-refractivity contribution in [3.8, 4) is 0 Å². The van der Waals surface area contributed by atoms with E-state index in [-0.39, 0.29) is 42.0 Å². The first-order valence-electron chi connectivity index (χ1n) is 13.2. The summed E-state index contributed by atoms with van der Waals surface area (Å²) >= 11 is 12.8. The predicted molar refractivity (Wildman–Crippen MR) is 153 cm³/mol. The summed E-state index contributed by atoms with van der Waals surface area (Å²) in [6.45, 7) is 9.88. The second kappa shape index (κ2) is 13.5. The second-order valence-electron chi connectivity index (χ2n) is 11.0. The van der Waals surface area contributed by atoms with E-state index in [0.29, 0.717) is 55.5 Å². The third-order valence-electron chi connectivity index (χ3n) is 6.62. The van der Waals surface area contributed by atoms with Crippen molar-refractivity contribution in [2.45, 2.75) is 59.8 Å². The number of hydrogen-bond donors (Lipinski definition) is 0. The van der Waals surface area contributed by atoms with Crippen molar-refractivity contribution in [2.24, 2.45) is 11.3 Å². The molecule has 2 aromatic carbocycles. The van der Waals surface area contributed by atoms with Crippen molar-refractivity contribution in [1.82, 2.24) is 4.90 Å². The summed E-state index contributed by atoms with van der Waals surface area (Å²) in [5, 5.41) is 1.24. The Kier molecular flexibility index (Phi) is 10.6. The average Bonchev–Trinajstić information content (AvgIpc) is 2.87. The van der Waals surface area contributed by atoms with Crippen LogP contribution in [0, 0.1) is 11.3 Å². The highest BCUT2D eigenvalue weighted by atomic mass is 35.5. The van der Waals surface area contributed by atoms with Gasteiger partial charge in [0.2, 0.25) is 11.8 Å². The minimum atomic E-state index is -0.192. The van der Waals surface area contributed by atoms with Crippen molar-refractivity contribution in [1.29, 1.82) is 0 Å². The molecule has 0 bridgehead atoms. The molecule has 0 aromatic heterocycles. The van der Waals surface area contributed by atoms with Gasteiger partial charge >= 0.3 is 5.97 Å². The van der Waals surface area contributed by atoms with Gasteiger partial charge in [-0.1, -0.05) is 62.2 Å². The van der Waals surface area contributed by atoms with Crippen LogP contribution in [-0.2, 0) is 25.5 Å². The zero-order chi connectivity index (χ0) is 27.9. The van der Waals surface area contributed by atoms with Gasteiger partial charge in [0, 0.05) is 54.6 Å². The lowest BCUT2D eigenvalue weighted by molar-refractivity contribution is -0.151. The molecule has 6 nitrogen and oxygen atoms in total. The molecule has 0 spiro atoms. The number of amides is 2. The first-order valence-corrected chi connectivity index (χ1v) is 14.0. The molecule has 0 N–H and O–H groups in total. The molecule has 2 aromatic rings. The van der Waals surface area contributed by atoms with E-state index in [0.717, 1.165) is 16.8 Å². The average molecular weight is 562 g/mol. The van der Waals surface area contributed by atoms with Crippen molar-refractivity contribution >= 4 is 46.7 Å². The van der Waals surface area contributed by atoms with Crippen LogP contribution in [0.4, 0.5) is 5.69 Å². The number of ether oxygens (including phenoxy) is 1. The Morgan fingerprint density at radius 1 is 1.00 bits per heavy atom. The summed E-state index contributed by atoms with van der Waals surface area (Å²) < 4.78 is 5.12. The lowest BCUT2D eigenvalue weighted by Gasteiger charge is -2.33. The fraction of sp³-hybridized carbons (Fsp3) is 0.500. The maximum absolute atomic E-state index is 13.6. The van der Waals surface area contributed by atoms with Crippen molar-refractivity contribution in [3.63, 3.8) is 0 Å². The Labute approximate surface area is 236 Å². The molecule has 0 aliphatic carbocycles. The number of hydrogen-bond acceptors (Lipinski definition) is 4. The van der Waals surface area contributed by atoms with Crippen LogP contribution < -0.4 is 4.90 Å². The van der Waals surface area contributed by atoms with Crippen LogP contribution in [0.5, 0.6) is 0 Å². The largest absolute Gasteiger partial charge is 0.466 e. The standard InChI is InChI=1S/C30H38Cl2N2O4/c1-5-38-29(37)21-14-16-33(17-15-21)27(35)12-13-28(36)34(20-30(2,3)4)26-11-10-24(31)19-23(26)18-22-8-6-7-9-25(22)32/h6-11,19,21H,5,12-18,20H2,1-4H3. The smallest absolute Gasteiger partial charge is 0.309 e. The molecule has 0 unspecified atom stereocenters. The van der Waals surface area contributed by atoms with E-state index in [1.165, 1.54) is 0 Å². The van der Waals surface area contributed by atoms with E-state index in [2.05, 4.69) is 20.8 Å². The fourth-order valence-corrected chi connectivity index (χ4v) is 5.12. The molecule has 206 valence electrons. The number of rotatable bonds is 9. The van der Waals surface area contributed by atoms with Gasteiger partial charge in [-0.3, -0.25) is 14.4 Å². The van der Waals surface area contributed by atoms with Crippen LogP contribution in [-0.4, -0.2) is 48.9 Å². The lowest BCUT2D eigenvalue weighted by atomic mass is 9.94. The Bertz CT molecular complexity index is 1140. The van der Waals surface area contributed by atoms with Gasteiger partial charge in [-0.2, -0.15) is 0 Å². The normalized spacial score (nSPS) is 14.3. The number of carbonyl (C=O) groups excluding carboxylic acids is 3. The molecular weight excluding hydrogens is 523 g/mol. The number of benzene rings is 2. The maximum atomic E-state index is 13.6. The highest BCUT2D eigenvalue weighted by Gasteiger charge is 2.30. The van der Waals surface area contributed by atoms with E-state index < -0.39 is 0 Å². The summed E-state index contributed by atoms with van der Waals surface area (Å²) in [6, 6.07) is 13.2. The second-order valence-corrected chi connectivity index (χ2v) is 11.8. The molecule has 3 rings (SSSR count). The van der Waals surface area contributed by atoms with E-state index in [4.69, 9.17) is 27.9 Å². The molecule has 1 heterocycles. The van der Waals surface area contributed by atoms with Crippen LogP contribution >= 0.6 is 23.2 Å². The van der Waals surface area contributed by atoms with Gasteiger partial charge in [0.15, 0.2) is 0 Å². The number of nitrogens with zero attached hydrogens (tertiary/aromatic N) is 2. The quantitative estimate of drug-likeness (QED) is 0.326. The van der Waals surface area contributed by atoms with Crippen LogP contribution in [0.3, 0.4) is 0 Å². The highest BCUT2D eigenvalue weighted by molar-refractivity contribution is 6.31. The molecule has 2 amide bonds. The molecule has 0 atom stereocenters. The lowest BCUT2D eigenvalue weighted by Crippen LogP contribution is -2.42. The van der Waals surface area contributed by atoms with Gasteiger partial charge in [-0.05, 0) is 60.6 Å². The van der Waals surface area contributed by atoms with E-state index in [9.17, 15) is 14.4 Å². The Morgan fingerprint density at radius 3 is 2.32 bits per heavy atom. The maximum Gasteiger partial charge on any atom is 0.309 e. The number of halogens is 2. The molecule has 38 heavy (non-hydrogen) atoms. The number of anilines is 1. The zero-order valence-corrected chi connectivity index (χ0v) is 24.3. The molecular formula is C30H38Cl2N2O4. The van der Waals surface area contributed by atoms with Crippen molar-refractivity contribution in [2.75, 3.05) is 31.1 Å². The molecule has 1 aliphatic heterocycles. The van der Waals surface area contributed by atoms with Gasteiger partial charge in [-0.15, -0.1) is 0 Å². The molecule has 1 fully saturated rings. The summed E-state index contributed by atoms with van der Waals surface area (Å²) in [5.41, 5.74) is 2.45.